The standard InChI is InChI=1S/C24H25N3O2S/c1-15-6-4-8-19(12-15)23(29)26-24-27(16(2)17(3)30-24)14-18-7-5-9-20(13-18)22(28)25-21-10-11-21/h4-9,12-13,21H,10-11,14H2,1-3H3,(H,25,28). The number of amides is 2. The van der Waals surface area contributed by atoms with Crippen molar-refractivity contribution in [3.63, 3.8) is 0 Å². The summed E-state index contributed by atoms with van der Waals surface area (Å²) in [5.74, 6) is -0.270. The van der Waals surface area contributed by atoms with Gasteiger partial charge in [-0.3, -0.25) is 9.59 Å². The lowest BCUT2D eigenvalue weighted by Gasteiger charge is -2.09. The summed E-state index contributed by atoms with van der Waals surface area (Å²) >= 11 is 1.51. The van der Waals surface area contributed by atoms with Crippen LogP contribution in [0.3, 0.4) is 0 Å². The first kappa shape index (κ1) is 20.3. The maximum atomic E-state index is 12.7. The lowest BCUT2D eigenvalue weighted by molar-refractivity contribution is 0.0949. The van der Waals surface area contributed by atoms with Crippen LogP contribution in [0.5, 0.6) is 0 Å². The molecule has 2 amide bonds. The van der Waals surface area contributed by atoms with Crippen molar-refractivity contribution in [3.05, 3.63) is 86.2 Å². The number of aromatic nitrogens is 1. The molecule has 0 radical (unpaired) electrons. The molecule has 1 aromatic heterocycles. The van der Waals surface area contributed by atoms with Crippen LogP contribution in [0.25, 0.3) is 0 Å². The lowest BCUT2D eigenvalue weighted by atomic mass is 10.1. The minimum absolute atomic E-state index is 0.0258. The first-order valence-electron chi connectivity index (χ1n) is 10.1. The third-order valence-corrected chi connectivity index (χ3v) is 6.39. The zero-order valence-electron chi connectivity index (χ0n) is 17.4. The Labute approximate surface area is 180 Å². The SMILES string of the molecule is Cc1cccc(C(=O)N=c2sc(C)c(C)n2Cc2cccc(C(=O)NC3CC3)c2)c1. The normalized spacial score (nSPS) is 14.0. The number of thiazole rings is 1. The molecule has 2 aromatic carbocycles. The number of rotatable bonds is 5. The Morgan fingerprint density at radius 2 is 1.80 bits per heavy atom. The van der Waals surface area contributed by atoms with Gasteiger partial charge in [-0.05, 0) is 63.4 Å². The lowest BCUT2D eigenvalue weighted by Crippen LogP contribution is -2.25. The number of nitrogens with one attached hydrogen (secondary N) is 1. The van der Waals surface area contributed by atoms with Gasteiger partial charge in [-0.25, -0.2) is 0 Å². The largest absolute Gasteiger partial charge is 0.349 e. The Morgan fingerprint density at radius 1 is 1.07 bits per heavy atom. The van der Waals surface area contributed by atoms with Crippen LogP contribution >= 0.6 is 11.3 Å². The Bertz CT molecular complexity index is 1190. The molecule has 5 nitrogen and oxygen atoms in total. The second kappa shape index (κ2) is 8.40. The zero-order chi connectivity index (χ0) is 21.3. The van der Waals surface area contributed by atoms with Crippen LogP contribution in [0.2, 0.25) is 0 Å². The number of nitrogens with zero attached hydrogens (tertiary/aromatic N) is 2. The maximum absolute atomic E-state index is 12.7. The number of carbonyl (C=O) groups is 2. The summed E-state index contributed by atoms with van der Waals surface area (Å²) in [5.41, 5.74) is 4.36. The van der Waals surface area contributed by atoms with Gasteiger partial charge in [-0.1, -0.05) is 29.8 Å². The summed E-state index contributed by atoms with van der Waals surface area (Å²) in [6.07, 6.45) is 2.13. The highest BCUT2D eigenvalue weighted by Gasteiger charge is 2.23. The van der Waals surface area contributed by atoms with E-state index in [9.17, 15) is 9.59 Å². The van der Waals surface area contributed by atoms with E-state index in [1.54, 1.807) is 6.07 Å². The van der Waals surface area contributed by atoms with Gasteiger partial charge in [0.1, 0.15) is 0 Å². The highest BCUT2D eigenvalue weighted by atomic mass is 32.1. The van der Waals surface area contributed by atoms with Gasteiger partial charge >= 0.3 is 0 Å². The molecular formula is C24H25N3O2S. The summed E-state index contributed by atoms with van der Waals surface area (Å²) in [5, 5.41) is 3.03. The predicted octanol–water partition coefficient (Wildman–Crippen LogP) is 4.16. The molecule has 0 bridgehead atoms. The smallest absolute Gasteiger partial charge is 0.279 e. The maximum Gasteiger partial charge on any atom is 0.279 e. The Hall–Kier alpha value is -2.99. The molecule has 154 valence electrons. The highest BCUT2D eigenvalue weighted by molar-refractivity contribution is 7.09. The van der Waals surface area contributed by atoms with Crippen molar-refractivity contribution >= 4 is 23.2 Å². The first-order chi connectivity index (χ1) is 14.4. The molecule has 1 saturated carbocycles. The van der Waals surface area contributed by atoms with E-state index in [1.165, 1.54) is 11.3 Å². The second-order valence-corrected chi connectivity index (χ2v) is 9.03. The van der Waals surface area contributed by atoms with Crippen molar-refractivity contribution in [1.82, 2.24) is 9.88 Å². The van der Waals surface area contributed by atoms with Crippen molar-refractivity contribution in [2.24, 2.45) is 4.99 Å². The molecule has 30 heavy (non-hydrogen) atoms. The molecule has 0 spiro atoms. The molecule has 0 saturated heterocycles. The van der Waals surface area contributed by atoms with E-state index in [0.29, 0.717) is 28.5 Å². The van der Waals surface area contributed by atoms with Crippen molar-refractivity contribution in [2.75, 3.05) is 0 Å². The molecule has 6 heteroatoms. The molecule has 4 rings (SSSR count). The van der Waals surface area contributed by atoms with Crippen LogP contribution in [-0.2, 0) is 6.54 Å². The van der Waals surface area contributed by atoms with E-state index >= 15 is 0 Å². The monoisotopic (exact) mass is 419 g/mol. The minimum atomic E-state index is -0.244. The Balaban J connectivity index is 1.64. The van der Waals surface area contributed by atoms with Gasteiger partial charge in [0.25, 0.3) is 11.8 Å². The molecule has 1 heterocycles. The number of carbonyl (C=O) groups excluding carboxylic acids is 2. The van der Waals surface area contributed by atoms with Gasteiger partial charge in [0, 0.05) is 27.7 Å². The first-order valence-corrected chi connectivity index (χ1v) is 10.9. The van der Waals surface area contributed by atoms with Crippen molar-refractivity contribution in [1.29, 1.82) is 0 Å². The van der Waals surface area contributed by atoms with Crippen molar-refractivity contribution in [3.8, 4) is 0 Å². The quantitative estimate of drug-likeness (QED) is 0.675. The Morgan fingerprint density at radius 3 is 2.53 bits per heavy atom. The topological polar surface area (TPSA) is 63.5 Å². The van der Waals surface area contributed by atoms with Crippen LogP contribution in [0.1, 0.15) is 55.3 Å². The van der Waals surface area contributed by atoms with Crippen molar-refractivity contribution in [2.45, 2.75) is 46.2 Å². The third kappa shape index (κ3) is 4.60. The number of hydrogen-bond donors (Lipinski definition) is 1. The van der Waals surface area contributed by atoms with E-state index in [-0.39, 0.29) is 11.8 Å². The van der Waals surface area contributed by atoms with Crippen molar-refractivity contribution < 1.29 is 9.59 Å². The molecular weight excluding hydrogens is 394 g/mol. The molecule has 1 N–H and O–H groups in total. The molecule has 1 fully saturated rings. The molecule has 1 aliphatic rings. The molecule has 0 aliphatic heterocycles. The van der Waals surface area contributed by atoms with Gasteiger partial charge in [-0.2, -0.15) is 4.99 Å². The van der Waals surface area contributed by atoms with Gasteiger partial charge in [0.05, 0.1) is 6.54 Å². The summed E-state index contributed by atoms with van der Waals surface area (Å²) < 4.78 is 2.05. The summed E-state index contributed by atoms with van der Waals surface area (Å²) in [7, 11) is 0. The number of benzene rings is 2. The molecule has 3 aromatic rings. The van der Waals surface area contributed by atoms with Crippen LogP contribution in [0.4, 0.5) is 0 Å². The summed E-state index contributed by atoms with van der Waals surface area (Å²) in [6, 6.07) is 15.5. The van der Waals surface area contributed by atoms with E-state index in [1.807, 2.05) is 67.8 Å². The van der Waals surface area contributed by atoms with Gasteiger partial charge in [0.15, 0.2) is 4.80 Å². The Kier molecular flexibility index (Phi) is 5.68. The number of hydrogen-bond acceptors (Lipinski definition) is 3. The summed E-state index contributed by atoms with van der Waals surface area (Å²) in [6.45, 7) is 6.58. The molecule has 0 atom stereocenters. The minimum Gasteiger partial charge on any atom is -0.349 e. The van der Waals surface area contributed by atoms with E-state index < -0.39 is 0 Å². The molecule has 0 unspecified atom stereocenters. The highest BCUT2D eigenvalue weighted by Crippen LogP contribution is 2.20. The van der Waals surface area contributed by atoms with Crippen LogP contribution < -0.4 is 10.1 Å². The average Bonchev–Trinajstić information content (AvgIpc) is 3.50. The predicted molar refractivity (Wildman–Crippen MR) is 119 cm³/mol. The second-order valence-electron chi connectivity index (χ2n) is 7.85. The van der Waals surface area contributed by atoms with Gasteiger partial charge in [0.2, 0.25) is 0 Å². The van der Waals surface area contributed by atoms with Crippen LogP contribution in [0, 0.1) is 20.8 Å². The number of aryl methyl sites for hydroxylation is 2. The summed E-state index contributed by atoms with van der Waals surface area (Å²) in [4.78, 5) is 31.3. The van der Waals surface area contributed by atoms with Crippen LogP contribution in [-0.4, -0.2) is 22.4 Å². The zero-order valence-corrected chi connectivity index (χ0v) is 18.3. The van der Waals surface area contributed by atoms with Gasteiger partial charge < -0.3 is 9.88 Å². The fraction of sp³-hybridized carbons (Fsp3) is 0.292. The van der Waals surface area contributed by atoms with Gasteiger partial charge in [-0.15, -0.1) is 11.3 Å². The van der Waals surface area contributed by atoms with Crippen LogP contribution in [0.15, 0.2) is 53.5 Å². The average molecular weight is 420 g/mol. The third-order valence-electron chi connectivity index (χ3n) is 5.29. The fourth-order valence-electron chi connectivity index (χ4n) is 3.29. The van der Waals surface area contributed by atoms with E-state index in [0.717, 1.165) is 34.5 Å². The van der Waals surface area contributed by atoms with E-state index in [4.69, 9.17) is 0 Å². The fourth-order valence-corrected chi connectivity index (χ4v) is 4.26. The van der Waals surface area contributed by atoms with E-state index in [2.05, 4.69) is 10.3 Å². The molecule has 1 aliphatic carbocycles.